The summed E-state index contributed by atoms with van der Waals surface area (Å²) in [6, 6.07) is 3.06. The highest BCUT2D eigenvalue weighted by atomic mass is 19.1. The molecule has 1 fully saturated rings. The molecule has 2 N–H and O–H groups in total. The van der Waals surface area contributed by atoms with Crippen LogP contribution in [0.2, 0.25) is 0 Å². The Morgan fingerprint density at radius 3 is 2.56 bits per heavy atom. The number of phenols is 1. The maximum Gasteiger partial charge on any atom is 0.323 e. The molecular formula is C12H12FNO4. The number of carboxylic acids is 1. The number of carbonyl (C=O) groups excluding carboxylic acids is 1. The molecule has 96 valence electrons. The Hall–Kier alpha value is -2.11. The maximum atomic E-state index is 13.5. The van der Waals surface area contributed by atoms with E-state index in [-0.39, 0.29) is 17.4 Å². The second-order valence-corrected chi connectivity index (χ2v) is 4.22. The van der Waals surface area contributed by atoms with Gasteiger partial charge in [0.2, 0.25) is 0 Å². The summed E-state index contributed by atoms with van der Waals surface area (Å²) >= 11 is 0. The molecule has 0 unspecified atom stereocenters. The van der Waals surface area contributed by atoms with Crippen LogP contribution in [0.1, 0.15) is 23.2 Å². The van der Waals surface area contributed by atoms with Gasteiger partial charge in [-0.25, -0.2) is 4.39 Å². The number of aliphatic carboxylic acids is 1. The summed E-state index contributed by atoms with van der Waals surface area (Å²) in [6.07, 6.45) is 1.47. The van der Waals surface area contributed by atoms with Gasteiger partial charge < -0.3 is 15.1 Å². The van der Waals surface area contributed by atoms with Gasteiger partial charge in [0.05, 0.1) is 5.56 Å². The lowest BCUT2D eigenvalue weighted by Gasteiger charge is -2.20. The smallest absolute Gasteiger partial charge is 0.323 e. The van der Waals surface area contributed by atoms with Crippen molar-refractivity contribution in [2.24, 2.45) is 0 Å². The van der Waals surface area contributed by atoms with Crippen molar-refractivity contribution in [3.8, 4) is 5.75 Å². The monoisotopic (exact) mass is 253 g/mol. The van der Waals surface area contributed by atoms with Gasteiger partial charge in [0, 0.05) is 12.1 Å². The van der Waals surface area contributed by atoms with E-state index in [1.807, 2.05) is 0 Å². The molecule has 0 bridgehead atoms. The number of amides is 1. The van der Waals surface area contributed by atoms with E-state index in [9.17, 15) is 14.0 Å². The number of carbonyl (C=O) groups is 2. The number of phenolic OH excluding ortho intramolecular Hbond substituents is 1. The van der Waals surface area contributed by atoms with Crippen LogP contribution in [-0.4, -0.2) is 39.6 Å². The SMILES string of the molecule is O=C(O)CN(C(=O)c1ccc(O)cc1F)C1CC1. The van der Waals surface area contributed by atoms with Crippen molar-refractivity contribution in [2.75, 3.05) is 6.54 Å². The van der Waals surface area contributed by atoms with Crippen molar-refractivity contribution in [3.63, 3.8) is 0 Å². The summed E-state index contributed by atoms with van der Waals surface area (Å²) in [6.45, 7) is -0.441. The molecule has 0 aromatic heterocycles. The van der Waals surface area contributed by atoms with Crippen molar-refractivity contribution in [1.29, 1.82) is 0 Å². The number of hydrogen-bond acceptors (Lipinski definition) is 3. The molecule has 1 aliphatic carbocycles. The highest BCUT2D eigenvalue weighted by Crippen LogP contribution is 2.29. The van der Waals surface area contributed by atoms with Crippen LogP contribution in [0.5, 0.6) is 5.75 Å². The Labute approximate surface area is 102 Å². The number of aromatic hydroxyl groups is 1. The van der Waals surface area contributed by atoms with E-state index in [0.717, 1.165) is 29.9 Å². The van der Waals surface area contributed by atoms with Crippen molar-refractivity contribution in [2.45, 2.75) is 18.9 Å². The van der Waals surface area contributed by atoms with Crippen LogP contribution in [0.3, 0.4) is 0 Å². The van der Waals surface area contributed by atoms with Crippen LogP contribution < -0.4 is 0 Å². The predicted molar refractivity (Wildman–Crippen MR) is 59.8 cm³/mol. The number of benzene rings is 1. The van der Waals surface area contributed by atoms with Crippen molar-refractivity contribution in [1.82, 2.24) is 4.90 Å². The average Bonchev–Trinajstić information content (AvgIpc) is 3.08. The van der Waals surface area contributed by atoms with Crippen LogP contribution in [0.15, 0.2) is 18.2 Å². The molecule has 0 radical (unpaired) electrons. The van der Waals surface area contributed by atoms with Crippen molar-refractivity contribution >= 4 is 11.9 Å². The highest BCUT2D eigenvalue weighted by molar-refractivity contribution is 5.96. The zero-order chi connectivity index (χ0) is 13.3. The van der Waals surface area contributed by atoms with E-state index >= 15 is 0 Å². The molecule has 6 heteroatoms. The van der Waals surface area contributed by atoms with E-state index in [0.29, 0.717) is 0 Å². The minimum absolute atomic E-state index is 0.123. The predicted octanol–water partition coefficient (Wildman–Crippen LogP) is 1.22. The van der Waals surface area contributed by atoms with E-state index in [1.165, 1.54) is 6.07 Å². The van der Waals surface area contributed by atoms with Crippen LogP contribution in [-0.2, 0) is 4.79 Å². The molecule has 1 aromatic carbocycles. The number of rotatable bonds is 4. The zero-order valence-electron chi connectivity index (χ0n) is 9.47. The van der Waals surface area contributed by atoms with Crippen LogP contribution in [0, 0.1) is 5.82 Å². The Morgan fingerprint density at radius 1 is 1.39 bits per heavy atom. The van der Waals surface area contributed by atoms with Gasteiger partial charge in [0.15, 0.2) is 0 Å². The number of halogens is 1. The summed E-state index contributed by atoms with van der Waals surface area (Å²) < 4.78 is 13.5. The molecule has 2 rings (SSSR count). The molecule has 5 nitrogen and oxygen atoms in total. The topological polar surface area (TPSA) is 77.8 Å². The molecule has 0 saturated heterocycles. The lowest BCUT2D eigenvalue weighted by atomic mass is 10.1. The third kappa shape index (κ3) is 2.58. The molecule has 0 aliphatic heterocycles. The summed E-state index contributed by atoms with van der Waals surface area (Å²) in [5.41, 5.74) is -0.221. The Morgan fingerprint density at radius 2 is 2.06 bits per heavy atom. The summed E-state index contributed by atoms with van der Waals surface area (Å²) in [7, 11) is 0. The number of carboxylic acid groups (broad SMARTS) is 1. The molecule has 0 heterocycles. The first-order valence-corrected chi connectivity index (χ1v) is 5.50. The Bertz CT molecular complexity index is 499. The van der Waals surface area contributed by atoms with Gasteiger partial charge in [-0.3, -0.25) is 9.59 Å². The van der Waals surface area contributed by atoms with Gasteiger partial charge in [0.25, 0.3) is 5.91 Å². The maximum absolute atomic E-state index is 13.5. The lowest BCUT2D eigenvalue weighted by Crippen LogP contribution is -2.37. The number of nitrogens with zero attached hydrogens (tertiary/aromatic N) is 1. The molecule has 1 saturated carbocycles. The Kier molecular flexibility index (Phi) is 3.18. The summed E-state index contributed by atoms with van der Waals surface area (Å²) in [4.78, 5) is 23.9. The average molecular weight is 253 g/mol. The summed E-state index contributed by atoms with van der Waals surface area (Å²) in [5.74, 6) is -2.91. The zero-order valence-corrected chi connectivity index (χ0v) is 9.47. The van der Waals surface area contributed by atoms with Crippen molar-refractivity contribution in [3.05, 3.63) is 29.6 Å². The fraction of sp³-hybridized carbons (Fsp3) is 0.333. The van der Waals surface area contributed by atoms with E-state index in [2.05, 4.69) is 0 Å². The third-order valence-corrected chi connectivity index (χ3v) is 2.74. The quantitative estimate of drug-likeness (QED) is 0.845. The van der Waals surface area contributed by atoms with Gasteiger partial charge in [-0.15, -0.1) is 0 Å². The van der Waals surface area contributed by atoms with Gasteiger partial charge in [-0.1, -0.05) is 0 Å². The summed E-state index contributed by atoms with van der Waals surface area (Å²) in [5, 5.41) is 17.8. The fourth-order valence-electron chi connectivity index (χ4n) is 1.73. The van der Waals surface area contributed by atoms with Gasteiger partial charge in [-0.2, -0.15) is 0 Å². The highest BCUT2D eigenvalue weighted by Gasteiger charge is 2.35. The standard InChI is InChI=1S/C12H12FNO4/c13-10-5-8(15)3-4-9(10)12(18)14(6-11(16)17)7-1-2-7/h3-5,7,15H,1-2,6H2,(H,16,17). The van der Waals surface area contributed by atoms with E-state index in [1.54, 1.807) is 0 Å². The molecule has 1 aliphatic rings. The minimum atomic E-state index is -1.13. The largest absolute Gasteiger partial charge is 0.508 e. The van der Waals surface area contributed by atoms with Crippen molar-refractivity contribution < 1.29 is 24.2 Å². The molecule has 1 amide bonds. The van der Waals surface area contributed by atoms with E-state index in [4.69, 9.17) is 10.2 Å². The Balaban J connectivity index is 2.24. The van der Waals surface area contributed by atoms with Crippen LogP contribution in [0.4, 0.5) is 4.39 Å². The van der Waals surface area contributed by atoms with Crippen LogP contribution >= 0.6 is 0 Å². The van der Waals surface area contributed by atoms with Gasteiger partial charge in [0.1, 0.15) is 18.1 Å². The number of hydrogen-bond donors (Lipinski definition) is 2. The van der Waals surface area contributed by atoms with Crippen LogP contribution in [0.25, 0.3) is 0 Å². The second-order valence-electron chi connectivity index (χ2n) is 4.22. The third-order valence-electron chi connectivity index (χ3n) is 2.74. The first-order chi connectivity index (χ1) is 8.49. The molecule has 0 spiro atoms. The first kappa shape index (κ1) is 12.3. The molecular weight excluding hydrogens is 241 g/mol. The second kappa shape index (κ2) is 4.64. The van der Waals surface area contributed by atoms with Gasteiger partial charge in [-0.05, 0) is 25.0 Å². The lowest BCUT2D eigenvalue weighted by molar-refractivity contribution is -0.137. The normalized spacial score (nSPS) is 14.3. The fourth-order valence-corrected chi connectivity index (χ4v) is 1.73. The minimum Gasteiger partial charge on any atom is -0.508 e. The molecule has 1 aromatic rings. The molecule has 18 heavy (non-hydrogen) atoms. The first-order valence-electron chi connectivity index (χ1n) is 5.50. The van der Waals surface area contributed by atoms with Gasteiger partial charge >= 0.3 is 5.97 Å². The molecule has 0 atom stereocenters. The van der Waals surface area contributed by atoms with E-state index < -0.39 is 24.2 Å².